The standard InChI is InChI=1S/C18H23NO4S2/c1-4-9-23-15-11-13(6-7-14(15)22-3)12-16-17(20)19(18(24)25-16)8-5-10-21-2/h6-7,11-12H,4-5,8-10H2,1-3H3/b16-12-. The van der Waals surface area contributed by atoms with Gasteiger partial charge in [0.2, 0.25) is 0 Å². The second-order valence-electron chi connectivity index (χ2n) is 5.44. The van der Waals surface area contributed by atoms with Crippen molar-refractivity contribution >= 4 is 40.3 Å². The summed E-state index contributed by atoms with van der Waals surface area (Å²) in [4.78, 5) is 14.8. The van der Waals surface area contributed by atoms with Gasteiger partial charge < -0.3 is 14.2 Å². The SMILES string of the molecule is CCCOc1cc(/C=C2\SC(=S)N(CCCOC)C2=O)ccc1OC. The Morgan fingerprint density at radius 3 is 2.72 bits per heavy atom. The summed E-state index contributed by atoms with van der Waals surface area (Å²) in [6, 6.07) is 5.62. The van der Waals surface area contributed by atoms with Crippen molar-refractivity contribution in [3.63, 3.8) is 0 Å². The number of rotatable bonds is 9. The molecule has 0 spiro atoms. The third kappa shape index (κ3) is 5.20. The van der Waals surface area contributed by atoms with Crippen molar-refractivity contribution in [1.29, 1.82) is 0 Å². The summed E-state index contributed by atoms with van der Waals surface area (Å²) in [5.41, 5.74) is 0.879. The normalized spacial score (nSPS) is 16.0. The molecule has 0 unspecified atom stereocenters. The van der Waals surface area contributed by atoms with Crippen LogP contribution in [0.15, 0.2) is 23.1 Å². The lowest BCUT2D eigenvalue weighted by molar-refractivity contribution is -0.122. The molecule has 0 saturated carbocycles. The molecule has 1 aliphatic rings. The monoisotopic (exact) mass is 381 g/mol. The van der Waals surface area contributed by atoms with Crippen molar-refractivity contribution in [3.05, 3.63) is 28.7 Å². The third-order valence-corrected chi connectivity index (χ3v) is 4.93. The predicted molar refractivity (Wildman–Crippen MR) is 105 cm³/mol. The lowest BCUT2D eigenvalue weighted by atomic mass is 10.2. The molecule has 0 aliphatic carbocycles. The molecule has 2 rings (SSSR count). The fourth-order valence-corrected chi connectivity index (χ4v) is 3.63. The first-order valence-corrected chi connectivity index (χ1v) is 9.38. The highest BCUT2D eigenvalue weighted by molar-refractivity contribution is 8.26. The van der Waals surface area contributed by atoms with Gasteiger partial charge in [-0.1, -0.05) is 37.0 Å². The van der Waals surface area contributed by atoms with Crippen LogP contribution in [0.1, 0.15) is 25.3 Å². The van der Waals surface area contributed by atoms with Gasteiger partial charge in [0.05, 0.1) is 18.6 Å². The Hall–Kier alpha value is -1.57. The summed E-state index contributed by atoms with van der Waals surface area (Å²) in [5, 5.41) is 0. The smallest absolute Gasteiger partial charge is 0.266 e. The highest BCUT2D eigenvalue weighted by Crippen LogP contribution is 2.34. The average Bonchev–Trinajstić information content (AvgIpc) is 2.87. The van der Waals surface area contributed by atoms with E-state index in [1.807, 2.05) is 31.2 Å². The Labute approximate surface area is 158 Å². The molecule has 25 heavy (non-hydrogen) atoms. The number of nitrogens with zero attached hydrogens (tertiary/aromatic N) is 1. The molecular weight excluding hydrogens is 358 g/mol. The van der Waals surface area contributed by atoms with Crippen LogP contribution in [0.4, 0.5) is 0 Å². The van der Waals surface area contributed by atoms with Crippen molar-refractivity contribution in [1.82, 2.24) is 4.90 Å². The van der Waals surface area contributed by atoms with Gasteiger partial charge in [0, 0.05) is 20.3 Å². The first-order valence-electron chi connectivity index (χ1n) is 8.15. The number of carbonyl (C=O) groups excluding carboxylic acids is 1. The first kappa shape index (κ1) is 19.8. The van der Waals surface area contributed by atoms with Gasteiger partial charge in [-0.25, -0.2) is 0 Å². The zero-order chi connectivity index (χ0) is 18.2. The van der Waals surface area contributed by atoms with E-state index < -0.39 is 0 Å². The highest BCUT2D eigenvalue weighted by Gasteiger charge is 2.31. The van der Waals surface area contributed by atoms with Gasteiger partial charge >= 0.3 is 0 Å². The molecule has 136 valence electrons. The molecule has 1 aromatic rings. The van der Waals surface area contributed by atoms with Crippen molar-refractivity contribution in [2.75, 3.05) is 34.0 Å². The first-order chi connectivity index (χ1) is 12.1. The Morgan fingerprint density at radius 1 is 1.24 bits per heavy atom. The number of carbonyl (C=O) groups is 1. The maximum absolute atomic E-state index is 12.5. The maximum atomic E-state index is 12.5. The number of benzene rings is 1. The average molecular weight is 382 g/mol. The Kier molecular flexibility index (Phi) is 7.74. The topological polar surface area (TPSA) is 48.0 Å². The Morgan fingerprint density at radius 2 is 2.04 bits per heavy atom. The van der Waals surface area contributed by atoms with Crippen LogP contribution in [0.2, 0.25) is 0 Å². The second kappa shape index (κ2) is 9.79. The fraction of sp³-hybridized carbons (Fsp3) is 0.444. The number of methoxy groups -OCH3 is 2. The summed E-state index contributed by atoms with van der Waals surface area (Å²) < 4.78 is 16.7. The maximum Gasteiger partial charge on any atom is 0.266 e. The molecule has 0 N–H and O–H groups in total. The molecule has 0 atom stereocenters. The van der Waals surface area contributed by atoms with E-state index in [-0.39, 0.29) is 5.91 Å². The van der Waals surface area contributed by atoms with Crippen LogP contribution >= 0.6 is 24.0 Å². The quantitative estimate of drug-likeness (QED) is 0.369. The van der Waals surface area contributed by atoms with E-state index >= 15 is 0 Å². The Balaban J connectivity index is 2.16. The van der Waals surface area contributed by atoms with Gasteiger partial charge in [0.15, 0.2) is 11.5 Å². The predicted octanol–water partition coefficient (Wildman–Crippen LogP) is 3.72. The summed E-state index contributed by atoms with van der Waals surface area (Å²) >= 11 is 6.65. The third-order valence-electron chi connectivity index (χ3n) is 3.55. The van der Waals surface area contributed by atoms with Gasteiger partial charge in [-0.15, -0.1) is 0 Å². The van der Waals surface area contributed by atoms with Crippen molar-refractivity contribution in [3.8, 4) is 11.5 Å². The number of hydrogen-bond acceptors (Lipinski definition) is 6. The van der Waals surface area contributed by atoms with E-state index in [4.69, 9.17) is 26.4 Å². The van der Waals surface area contributed by atoms with Crippen molar-refractivity contribution in [2.24, 2.45) is 0 Å². The molecule has 1 saturated heterocycles. The largest absolute Gasteiger partial charge is 0.493 e. The van der Waals surface area contributed by atoms with Crippen LogP contribution in [0.25, 0.3) is 6.08 Å². The number of thioether (sulfide) groups is 1. The molecule has 0 radical (unpaired) electrons. The highest BCUT2D eigenvalue weighted by atomic mass is 32.2. The second-order valence-corrected chi connectivity index (χ2v) is 7.11. The van der Waals surface area contributed by atoms with Crippen molar-refractivity contribution in [2.45, 2.75) is 19.8 Å². The van der Waals surface area contributed by atoms with E-state index in [0.29, 0.717) is 40.5 Å². The number of thiocarbonyl (C=S) groups is 1. The summed E-state index contributed by atoms with van der Waals surface area (Å²) in [5.74, 6) is 1.30. The summed E-state index contributed by atoms with van der Waals surface area (Å²) in [7, 11) is 3.25. The molecule has 1 amide bonds. The number of ether oxygens (including phenoxy) is 3. The summed E-state index contributed by atoms with van der Waals surface area (Å²) in [6.45, 7) is 3.84. The van der Waals surface area contributed by atoms with Crippen LogP contribution in [0.5, 0.6) is 11.5 Å². The lowest BCUT2D eigenvalue weighted by Crippen LogP contribution is -2.29. The van der Waals surface area contributed by atoms with Gasteiger partial charge in [-0.2, -0.15) is 0 Å². The summed E-state index contributed by atoms with van der Waals surface area (Å²) in [6.07, 6.45) is 3.51. The van der Waals surface area contributed by atoms with E-state index in [1.165, 1.54) is 11.8 Å². The number of hydrogen-bond donors (Lipinski definition) is 0. The minimum absolute atomic E-state index is 0.0575. The van der Waals surface area contributed by atoms with Crippen LogP contribution in [-0.2, 0) is 9.53 Å². The zero-order valence-corrected chi connectivity index (χ0v) is 16.4. The fourth-order valence-electron chi connectivity index (χ4n) is 2.32. The number of amides is 1. The molecule has 1 aliphatic heterocycles. The van der Waals surface area contributed by atoms with E-state index in [1.54, 1.807) is 19.1 Å². The van der Waals surface area contributed by atoms with Gasteiger partial charge in [0.1, 0.15) is 4.32 Å². The lowest BCUT2D eigenvalue weighted by Gasteiger charge is -2.13. The Bertz CT molecular complexity index is 660. The van der Waals surface area contributed by atoms with Gasteiger partial charge in [-0.3, -0.25) is 9.69 Å². The van der Waals surface area contributed by atoms with Gasteiger partial charge in [0.25, 0.3) is 5.91 Å². The molecular formula is C18H23NO4S2. The molecule has 5 nitrogen and oxygen atoms in total. The minimum atomic E-state index is -0.0575. The van der Waals surface area contributed by atoms with Crippen LogP contribution in [-0.4, -0.2) is 49.1 Å². The van der Waals surface area contributed by atoms with E-state index in [9.17, 15) is 4.79 Å². The molecule has 1 heterocycles. The van der Waals surface area contributed by atoms with E-state index in [0.717, 1.165) is 18.4 Å². The van der Waals surface area contributed by atoms with Crippen molar-refractivity contribution < 1.29 is 19.0 Å². The van der Waals surface area contributed by atoms with Crippen LogP contribution < -0.4 is 9.47 Å². The molecule has 0 aromatic heterocycles. The van der Waals surface area contributed by atoms with Gasteiger partial charge in [-0.05, 0) is 36.6 Å². The molecule has 1 fully saturated rings. The van der Waals surface area contributed by atoms with Crippen LogP contribution in [0.3, 0.4) is 0 Å². The van der Waals surface area contributed by atoms with Crippen LogP contribution in [0, 0.1) is 0 Å². The molecule has 0 bridgehead atoms. The molecule has 7 heteroatoms. The molecule has 1 aromatic carbocycles. The van der Waals surface area contributed by atoms with E-state index in [2.05, 4.69) is 0 Å². The zero-order valence-electron chi connectivity index (χ0n) is 14.7. The minimum Gasteiger partial charge on any atom is -0.493 e.